The molecule has 2 aliphatic rings. The van der Waals surface area contributed by atoms with Crippen LogP contribution < -0.4 is 35.7 Å². The Morgan fingerprint density at radius 3 is 1.25 bits per heavy atom. The third-order valence-electron chi connectivity index (χ3n) is 11.9. The average molecular weight is 2360 g/mol. The van der Waals surface area contributed by atoms with Crippen LogP contribution >= 0.6 is 271 Å². The Bertz CT molecular complexity index is 2900. The van der Waals surface area contributed by atoms with Crippen molar-refractivity contribution in [3.8, 4) is 23.0 Å². The highest BCUT2D eigenvalue weighted by atomic mass is 127. The smallest absolute Gasteiger partial charge is 0.146 e. The minimum Gasteiger partial charge on any atom is -0.491 e. The van der Waals surface area contributed by atoms with E-state index in [-0.39, 0.29) is 0 Å². The Balaban J connectivity index is 0.000000163. The number of hydrogen-bond acceptors (Lipinski definition) is 8. The zero-order valence-corrected chi connectivity index (χ0v) is 66.2. The lowest BCUT2D eigenvalue weighted by Gasteiger charge is -2.29. The molecule has 2 saturated heterocycles. The second-order valence-electron chi connectivity index (χ2n) is 17.5. The Morgan fingerprint density at radius 1 is 0.453 bits per heavy atom. The summed E-state index contributed by atoms with van der Waals surface area (Å²) in [6.45, 7) is 7.49. The number of benzene rings is 7. The van der Waals surface area contributed by atoms with Crippen LogP contribution in [-0.2, 0) is 13.2 Å². The molecule has 0 radical (unpaired) electrons. The maximum absolute atomic E-state index is 6.10. The first-order valence-electron chi connectivity index (χ1n) is 23.4. The molecular formula is C55H52I12N4O4. The van der Waals surface area contributed by atoms with Gasteiger partial charge in [-0.25, -0.2) is 0 Å². The number of piperidine rings is 2. The molecule has 8 nitrogen and oxygen atoms in total. The fraction of sp³-hybridized carbons (Fsp3) is 0.273. The van der Waals surface area contributed by atoms with Gasteiger partial charge in [-0.1, -0.05) is 42.5 Å². The Labute approximate surface area is 605 Å². The molecule has 0 atom stereocenters. The van der Waals surface area contributed by atoms with Crippen molar-refractivity contribution >= 4 is 293 Å². The van der Waals surface area contributed by atoms with E-state index in [1.54, 1.807) is 0 Å². The van der Waals surface area contributed by atoms with Gasteiger partial charge in [0.15, 0.2) is 0 Å². The molecule has 5 N–H and O–H groups in total. The Kier molecular flexibility index (Phi) is 30.4. The van der Waals surface area contributed by atoms with Crippen LogP contribution in [0.15, 0.2) is 109 Å². The molecule has 9 rings (SSSR count). The van der Waals surface area contributed by atoms with E-state index in [4.69, 9.17) is 30.4 Å². The van der Waals surface area contributed by atoms with E-state index in [0.29, 0.717) is 25.0 Å². The van der Waals surface area contributed by atoms with Crippen LogP contribution in [0.2, 0.25) is 0 Å². The van der Waals surface area contributed by atoms with E-state index in [1.807, 2.05) is 54.6 Å². The van der Waals surface area contributed by atoms with Crippen LogP contribution in [0.3, 0.4) is 0 Å². The molecule has 2 fully saturated rings. The number of fused-ring (bicyclic) bond motifs is 1. The van der Waals surface area contributed by atoms with Crippen molar-refractivity contribution in [1.29, 1.82) is 0 Å². The maximum atomic E-state index is 6.10. The number of nitrogens with zero attached hydrogens (tertiary/aromatic N) is 1. The highest BCUT2D eigenvalue weighted by Gasteiger charge is 2.19. The normalized spacial score (nSPS) is 13.9. The first-order valence-corrected chi connectivity index (χ1v) is 36.4. The number of halogens is 12. The van der Waals surface area contributed by atoms with Crippen LogP contribution in [0.5, 0.6) is 23.0 Å². The van der Waals surface area contributed by atoms with E-state index in [1.165, 1.54) is 67.3 Å². The largest absolute Gasteiger partial charge is 0.491 e. The van der Waals surface area contributed by atoms with E-state index in [9.17, 15) is 0 Å². The molecule has 20 heteroatoms. The summed E-state index contributed by atoms with van der Waals surface area (Å²) in [5, 5.41) is 5.61. The molecule has 0 bridgehead atoms. The number of rotatable bonds is 12. The van der Waals surface area contributed by atoms with Crippen LogP contribution in [0.25, 0.3) is 10.8 Å². The molecule has 0 aliphatic carbocycles. The fourth-order valence-corrected chi connectivity index (χ4v) is 23.4. The molecule has 7 aromatic rings. The van der Waals surface area contributed by atoms with Crippen LogP contribution in [0.4, 0.5) is 11.4 Å². The number of likely N-dealkylation sites (tertiary alicyclic amines) is 1. The number of nitrogens with two attached hydrogens (primary N) is 2. The van der Waals surface area contributed by atoms with E-state index >= 15 is 0 Å². The van der Waals surface area contributed by atoms with Crippen LogP contribution in [0.1, 0.15) is 36.8 Å². The Hall–Kier alpha value is 2.28. The van der Waals surface area contributed by atoms with Gasteiger partial charge in [-0.2, -0.15) is 0 Å². The minimum absolute atomic E-state index is 0.535. The third-order valence-corrected chi connectivity index (χ3v) is 20.8. The molecule has 7 aromatic carbocycles. The summed E-state index contributed by atoms with van der Waals surface area (Å²) < 4.78 is 38.5. The zero-order chi connectivity index (χ0) is 54.2. The van der Waals surface area contributed by atoms with Crippen molar-refractivity contribution in [1.82, 2.24) is 10.2 Å². The maximum Gasteiger partial charge on any atom is 0.146 e. The van der Waals surface area contributed by atoms with Gasteiger partial charge in [0.25, 0.3) is 0 Å². The minimum atomic E-state index is 0.535. The number of nitrogens with one attached hydrogen (secondary N) is 1. The number of anilines is 2. The molecule has 0 aromatic heterocycles. The van der Waals surface area contributed by atoms with E-state index in [0.717, 1.165) is 96.9 Å². The van der Waals surface area contributed by atoms with Gasteiger partial charge in [0.05, 0.1) is 41.8 Å². The van der Waals surface area contributed by atoms with Gasteiger partial charge in [0.2, 0.25) is 0 Å². The third kappa shape index (κ3) is 22.0. The van der Waals surface area contributed by atoms with Gasteiger partial charge in [0, 0.05) is 31.0 Å². The van der Waals surface area contributed by atoms with Crippen molar-refractivity contribution in [2.45, 2.75) is 38.9 Å². The summed E-state index contributed by atoms with van der Waals surface area (Å²) >= 11 is 28.0. The monoisotopic (exact) mass is 2360 g/mol. The van der Waals surface area contributed by atoms with Crippen molar-refractivity contribution in [3.63, 3.8) is 0 Å². The number of nitrogen functional groups attached to an aromatic ring is 2. The van der Waals surface area contributed by atoms with Crippen molar-refractivity contribution in [2.75, 3.05) is 57.9 Å². The van der Waals surface area contributed by atoms with Gasteiger partial charge in [0.1, 0.15) is 36.2 Å². The second-order valence-corrected chi connectivity index (χ2v) is 31.8. The summed E-state index contributed by atoms with van der Waals surface area (Å²) in [5.74, 6) is 5.45. The van der Waals surface area contributed by atoms with Crippen molar-refractivity contribution in [2.24, 2.45) is 11.8 Å². The lowest BCUT2D eigenvalue weighted by atomic mass is 9.98. The molecule has 0 unspecified atom stereocenters. The molecule has 75 heavy (non-hydrogen) atoms. The van der Waals surface area contributed by atoms with Crippen LogP contribution in [-0.4, -0.2) is 51.3 Å². The lowest BCUT2D eigenvalue weighted by Crippen LogP contribution is -2.32. The number of hydrogen-bond donors (Lipinski definition) is 3. The summed E-state index contributed by atoms with van der Waals surface area (Å²) in [5.41, 5.74) is 15.6. The Morgan fingerprint density at radius 2 is 0.827 bits per heavy atom. The van der Waals surface area contributed by atoms with Gasteiger partial charge in [-0.15, -0.1) is 0 Å². The summed E-state index contributed by atoms with van der Waals surface area (Å²) in [6.07, 6.45) is 4.98. The van der Waals surface area contributed by atoms with Gasteiger partial charge >= 0.3 is 0 Å². The van der Waals surface area contributed by atoms with Crippen molar-refractivity contribution in [3.05, 3.63) is 163 Å². The van der Waals surface area contributed by atoms with Crippen molar-refractivity contribution < 1.29 is 18.9 Å². The first-order chi connectivity index (χ1) is 35.8. The summed E-state index contributed by atoms with van der Waals surface area (Å²) in [6, 6.07) is 37.1. The topological polar surface area (TPSA) is 104 Å². The highest BCUT2D eigenvalue weighted by molar-refractivity contribution is 14.1. The lowest BCUT2D eigenvalue weighted by molar-refractivity contribution is 0.159. The van der Waals surface area contributed by atoms with Gasteiger partial charge in [-0.05, 0) is 425 Å². The molecule has 2 aliphatic heterocycles. The molecule has 0 amide bonds. The van der Waals surface area contributed by atoms with E-state index in [2.05, 4.69) is 343 Å². The SMILES string of the molecule is CN1CCC(COc2c(I)cc(I)cc2I)CC1.Ic1cc(I)c(OCC2CCNCC2)c(I)c1.Nc1ccc(COc2c(I)cc(I)cc2I)c2ccccc12.Nc1ccc(COc2c(I)cc(I)cc2I)cc1. The predicted molar refractivity (Wildman–Crippen MR) is 413 cm³/mol. The van der Waals surface area contributed by atoms with Gasteiger partial charge < -0.3 is 40.6 Å². The molecule has 2 heterocycles. The molecular weight excluding hydrogens is 2300 g/mol. The highest BCUT2D eigenvalue weighted by Crippen LogP contribution is 2.35. The molecule has 0 spiro atoms. The fourth-order valence-electron chi connectivity index (χ4n) is 7.78. The van der Waals surface area contributed by atoms with E-state index < -0.39 is 0 Å². The standard InChI is InChI=1S/C17H12I3NO.C13H16I3NO.C13H10I3NO.C12H14I3NO/c18-11-7-14(19)17(15(20)8-11)22-9-10-5-6-16(21)13-4-2-1-3-12(10)13;1-17-4-2-9(3-5-17)8-18-13-11(15)6-10(14)7-12(13)16;14-9-5-11(15)13(12(16)6-9)18-7-8-1-3-10(17)4-2-8;13-9-5-10(14)12(11(15)6-9)17-7-8-1-3-16-4-2-8/h1-8H,9,21H2;6-7,9H,2-5,8H2,1H3;1-6H,7,17H2;5-6,8,16H,1-4,7H2. The molecule has 0 saturated carbocycles. The quantitative estimate of drug-likeness (QED) is 0.0821. The first kappa shape index (κ1) is 66.4. The predicted octanol–water partition coefficient (Wildman–Crippen LogP) is 18.6. The van der Waals surface area contributed by atoms with Crippen LogP contribution in [0, 0.1) is 54.7 Å². The molecule has 400 valence electrons. The summed E-state index contributed by atoms with van der Waals surface area (Å²) in [7, 11) is 2.20. The number of ether oxygens (including phenoxy) is 4. The second kappa shape index (κ2) is 34.3. The summed E-state index contributed by atoms with van der Waals surface area (Å²) in [4.78, 5) is 2.40. The zero-order valence-electron chi connectivity index (χ0n) is 40.3. The van der Waals surface area contributed by atoms with Gasteiger partial charge in [-0.3, -0.25) is 0 Å². The average Bonchev–Trinajstić information content (AvgIpc) is 3.35.